The average Bonchev–Trinajstić information content (AvgIpc) is 1.96. The molecule has 1 aliphatic rings. The van der Waals surface area contributed by atoms with E-state index in [9.17, 15) is 8.78 Å². The molecule has 1 unspecified atom stereocenters. The number of hydrogen-bond acceptors (Lipinski definition) is 1. The van der Waals surface area contributed by atoms with Gasteiger partial charge in [0.2, 0.25) is 0 Å². The standard InChI is InChI=1S/C9H17F2N/c1-8(7-12-2)5-3-4-6-9(8,10)11/h12H,3-7H2,1-2H3. The summed E-state index contributed by atoms with van der Waals surface area (Å²) in [5, 5.41) is 2.85. The molecule has 1 atom stereocenters. The van der Waals surface area contributed by atoms with Gasteiger partial charge in [-0.2, -0.15) is 0 Å². The van der Waals surface area contributed by atoms with E-state index >= 15 is 0 Å². The van der Waals surface area contributed by atoms with Crippen LogP contribution in [0.3, 0.4) is 0 Å². The largest absolute Gasteiger partial charge is 0.319 e. The van der Waals surface area contributed by atoms with Crippen molar-refractivity contribution in [2.45, 2.75) is 38.5 Å². The minimum absolute atomic E-state index is 0.0607. The molecule has 0 aromatic carbocycles. The topological polar surface area (TPSA) is 12.0 Å². The molecule has 1 N–H and O–H groups in total. The van der Waals surface area contributed by atoms with E-state index in [1.807, 2.05) is 0 Å². The maximum atomic E-state index is 13.4. The highest BCUT2D eigenvalue weighted by Crippen LogP contribution is 2.47. The summed E-state index contributed by atoms with van der Waals surface area (Å²) in [4.78, 5) is 0. The fourth-order valence-electron chi connectivity index (χ4n) is 1.95. The molecule has 0 heterocycles. The molecular weight excluding hydrogens is 160 g/mol. The van der Waals surface area contributed by atoms with E-state index in [1.165, 1.54) is 0 Å². The number of hydrogen-bond donors (Lipinski definition) is 1. The van der Waals surface area contributed by atoms with Crippen LogP contribution in [-0.4, -0.2) is 19.5 Å². The second-order valence-corrected chi connectivity index (χ2v) is 4.00. The first-order chi connectivity index (χ1) is 5.52. The summed E-state index contributed by atoms with van der Waals surface area (Å²) in [7, 11) is 1.73. The Morgan fingerprint density at radius 3 is 2.33 bits per heavy atom. The quantitative estimate of drug-likeness (QED) is 0.683. The normalized spacial score (nSPS) is 35.0. The van der Waals surface area contributed by atoms with Crippen LogP contribution >= 0.6 is 0 Å². The summed E-state index contributed by atoms with van der Waals surface area (Å²) in [6.07, 6.45) is 2.31. The first-order valence-electron chi connectivity index (χ1n) is 4.54. The summed E-state index contributed by atoms with van der Waals surface area (Å²) < 4.78 is 26.8. The second kappa shape index (κ2) is 3.29. The molecule has 1 nitrogen and oxygen atoms in total. The Labute approximate surface area is 72.5 Å². The maximum Gasteiger partial charge on any atom is 0.254 e. The summed E-state index contributed by atoms with van der Waals surface area (Å²) in [6, 6.07) is 0. The molecular formula is C9H17F2N. The van der Waals surface area contributed by atoms with Crippen LogP contribution in [0.15, 0.2) is 0 Å². The van der Waals surface area contributed by atoms with E-state index < -0.39 is 11.3 Å². The highest BCUT2D eigenvalue weighted by molar-refractivity contribution is 4.93. The molecule has 0 amide bonds. The van der Waals surface area contributed by atoms with Crippen LogP contribution in [0.25, 0.3) is 0 Å². The zero-order valence-corrected chi connectivity index (χ0v) is 7.79. The molecule has 72 valence electrons. The molecule has 0 saturated heterocycles. The molecule has 1 fully saturated rings. The minimum atomic E-state index is -2.48. The Kier molecular flexibility index (Phi) is 2.71. The summed E-state index contributed by atoms with van der Waals surface area (Å²) in [5.74, 6) is -2.48. The van der Waals surface area contributed by atoms with Crippen molar-refractivity contribution in [1.29, 1.82) is 0 Å². The van der Waals surface area contributed by atoms with Gasteiger partial charge in [0.1, 0.15) is 0 Å². The van der Waals surface area contributed by atoms with Gasteiger partial charge in [-0.05, 0) is 19.9 Å². The zero-order valence-electron chi connectivity index (χ0n) is 7.79. The molecule has 0 aliphatic heterocycles. The molecule has 0 bridgehead atoms. The lowest BCUT2D eigenvalue weighted by molar-refractivity contribution is -0.139. The fraction of sp³-hybridized carbons (Fsp3) is 1.00. The van der Waals surface area contributed by atoms with Crippen LogP contribution in [0.4, 0.5) is 8.78 Å². The van der Waals surface area contributed by atoms with E-state index in [1.54, 1.807) is 14.0 Å². The summed E-state index contributed by atoms with van der Waals surface area (Å²) in [6.45, 7) is 2.10. The predicted molar refractivity (Wildman–Crippen MR) is 45.4 cm³/mol. The van der Waals surface area contributed by atoms with Gasteiger partial charge < -0.3 is 5.32 Å². The SMILES string of the molecule is CNCC1(C)CCCCC1(F)F. The van der Waals surface area contributed by atoms with E-state index in [0.717, 1.165) is 6.42 Å². The van der Waals surface area contributed by atoms with Crippen molar-refractivity contribution >= 4 is 0 Å². The van der Waals surface area contributed by atoms with Crippen molar-refractivity contribution < 1.29 is 8.78 Å². The minimum Gasteiger partial charge on any atom is -0.319 e. The summed E-state index contributed by atoms with van der Waals surface area (Å²) in [5.41, 5.74) is -0.819. The predicted octanol–water partition coefficient (Wildman–Crippen LogP) is 2.42. The van der Waals surface area contributed by atoms with Gasteiger partial charge in [0.05, 0.1) is 0 Å². The van der Waals surface area contributed by atoms with Crippen molar-refractivity contribution in [1.82, 2.24) is 5.32 Å². The Balaban J connectivity index is 2.69. The lowest BCUT2D eigenvalue weighted by atomic mass is 9.72. The number of halogens is 2. The van der Waals surface area contributed by atoms with Crippen LogP contribution < -0.4 is 5.32 Å². The zero-order chi connectivity index (χ0) is 9.24. The average molecular weight is 177 g/mol. The molecule has 0 radical (unpaired) electrons. The monoisotopic (exact) mass is 177 g/mol. The van der Waals surface area contributed by atoms with Gasteiger partial charge in [-0.25, -0.2) is 8.78 Å². The smallest absolute Gasteiger partial charge is 0.254 e. The third-order valence-electron chi connectivity index (χ3n) is 2.92. The lowest BCUT2D eigenvalue weighted by Gasteiger charge is -2.41. The van der Waals surface area contributed by atoms with Gasteiger partial charge in [-0.15, -0.1) is 0 Å². The molecule has 1 saturated carbocycles. The van der Waals surface area contributed by atoms with Crippen molar-refractivity contribution in [3.05, 3.63) is 0 Å². The molecule has 0 aromatic rings. The molecule has 0 aromatic heterocycles. The van der Waals surface area contributed by atoms with Gasteiger partial charge in [0, 0.05) is 18.4 Å². The van der Waals surface area contributed by atoms with E-state index in [4.69, 9.17) is 0 Å². The van der Waals surface area contributed by atoms with Crippen LogP contribution in [0.1, 0.15) is 32.6 Å². The first-order valence-corrected chi connectivity index (χ1v) is 4.54. The third kappa shape index (κ3) is 1.60. The first kappa shape index (κ1) is 9.90. The van der Waals surface area contributed by atoms with E-state index in [-0.39, 0.29) is 6.42 Å². The Hall–Kier alpha value is -0.180. The van der Waals surface area contributed by atoms with Crippen molar-refractivity contribution in [2.75, 3.05) is 13.6 Å². The molecule has 0 spiro atoms. The van der Waals surface area contributed by atoms with Crippen LogP contribution in [0, 0.1) is 5.41 Å². The van der Waals surface area contributed by atoms with Crippen LogP contribution in [-0.2, 0) is 0 Å². The number of rotatable bonds is 2. The molecule has 1 aliphatic carbocycles. The summed E-state index contributed by atoms with van der Waals surface area (Å²) >= 11 is 0. The lowest BCUT2D eigenvalue weighted by Crippen LogP contribution is -2.47. The highest BCUT2D eigenvalue weighted by atomic mass is 19.3. The molecule has 12 heavy (non-hydrogen) atoms. The maximum absolute atomic E-state index is 13.4. The van der Waals surface area contributed by atoms with E-state index in [0.29, 0.717) is 19.4 Å². The van der Waals surface area contributed by atoms with Gasteiger partial charge in [-0.1, -0.05) is 13.3 Å². The van der Waals surface area contributed by atoms with Crippen LogP contribution in [0.2, 0.25) is 0 Å². The number of alkyl halides is 2. The van der Waals surface area contributed by atoms with Crippen LogP contribution in [0.5, 0.6) is 0 Å². The van der Waals surface area contributed by atoms with Crippen molar-refractivity contribution in [3.63, 3.8) is 0 Å². The van der Waals surface area contributed by atoms with Gasteiger partial charge >= 0.3 is 0 Å². The van der Waals surface area contributed by atoms with Crippen molar-refractivity contribution in [2.24, 2.45) is 5.41 Å². The highest BCUT2D eigenvalue weighted by Gasteiger charge is 2.50. The number of nitrogens with one attached hydrogen (secondary N) is 1. The Morgan fingerprint density at radius 2 is 1.83 bits per heavy atom. The van der Waals surface area contributed by atoms with Gasteiger partial charge in [0.15, 0.2) is 0 Å². The second-order valence-electron chi connectivity index (χ2n) is 4.00. The Bertz CT molecular complexity index is 155. The van der Waals surface area contributed by atoms with Gasteiger partial charge in [0.25, 0.3) is 5.92 Å². The van der Waals surface area contributed by atoms with E-state index in [2.05, 4.69) is 5.32 Å². The molecule has 3 heteroatoms. The fourth-order valence-corrected chi connectivity index (χ4v) is 1.95. The van der Waals surface area contributed by atoms with Crippen molar-refractivity contribution in [3.8, 4) is 0 Å². The molecule has 1 rings (SSSR count). The van der Waals surface area contributed by atoms with Gasteiger partial charge in [-0.3, -0.25) is 0 Å². The third-order valence-corrected chi connectivity index (χ3v) is 2.92. The Morgan fingerprint density at radius 1 is 1.25 bits per heavy atom.